The molecule has 0 saturated heterocycles. The lowest BCUT2D eigenvalue weighted by atomic mass is 10.1. The van der Waals surface area contributed by atoms with Crippen LogP contribution in [0.4, 0.5) is 0 Å². The smallest absolute Gasteiger partial charge is 0.156 e. The van der Waals surface area contributed by atoms with E-state index < -0.39 is 0 Å². The standard InChI is InChI=1S/C14H13N5S/c1-8-16-9(2)19(18-8)13-7-11(14(15)20)10-5-3-4-6-12(10)17-13/h3-7H,1-2H3,(H2,15,20). The van der Waals surface area contributed by atoms with Crippen LogP contribution in [0.5, 0.6) is 0 Å². The zero-order valence-corrected chi connectivity index (χ0v) is 12.0. The number of thiocarbonyl (C=S) groups is 1. The lowest BCUT2D eigenvalue weighted by Crippen LogP contribution is -2.12. The second-order valence-corrected chi connectivity index (χ2v) is 4.97. The fourth-order valence-corrected chi connectivity index (χ4v) is 2.38. The number of fused-ring (bicyclic) bond motifs is 1. The van der Waals surface area contributed by atoms with Crippen molar-refractivity contribution in [3.63, 3.8) is 0 Å². The minimum absolute atomic E-state index is 0.347. The highest BCUT2D eigenvalue weighted by atomic mass is 32.1. The minimum atomic E-state index is 0.347. The first-order chi connectivity index (χ1) is 9.56. The molecule has 0 aliphatic carbocycles. The molecule has 0 unspecified atom stereocenters. The summed E-state index contributed by atoms with van der Waals surface area (Å²) in [4.78, 5) is 9.24. The number of benzene rings is 1. The van der Waals surface area contributed by atoms with Crippen LogP contribution in [0.15, 0.2) is 30.3 Å². The molecule has 0 radical (unpaired) electrons. The Hall–Kier alpha value is -2.34. The Morgan fingerprint density at radius 1 is 1.20 bits per heavy atom. The van der Waals surface area contributed by atoms with Crippen molar-refractivity contribution in [2.75, 3.05) is 0 Å². The molecule has 0 aliphatic rings. The number of aromatic nitrogens is 4. The zero-order chi connectivity index (χ0) is 14.3. The van der Waals surface area contributed by atoms with Gasteiger partial charge in [-0.2, -0.15) is 4.68 Å². The molecular weight excluding hydrogens is 270 g/mol. The number of nitrogens with zero attached hydrogens (tertiary/aromatic N) is 4. The van der Waals surface area contributed by atoms with Gasteiger partial charge in [-0.15, -0.1) is 5.10 Å². The summed E-state index contributed by atoms with van der Waals surface area (Å²) in [5, 5.41) is 5.29. The molecule has 0 saturated carbocycles. The number of nitrogens with two attached hydrogens (primary N) is 1. The predicted octanol–water partition coefficient (Wildman–Crippen LogP) is 2.07. The molecule has 0 atom stereocenters. The first-order valence-corrected chi connectivity index (χ1v) is 6.57. The molecule has 6 heteroatoms. The SMILES string of the molecule is Cc1nc(C)n(-c2cc(C(N)=S)c3ccccc3n2)n1. The van der Waals surface area contributed by atoms with Gasteiger partial charge in [0, 0.05) is 10.9 Å². The van der Waals surface area contributed by atoms with Gasteiger partial charge in [-0.1, -0.05) is 30.4 Å². The quantitative estimate of drug-likeness (QED) is 0.729. The summed E-state index contributed by atoms with van der Waals surface area (Å²) in [6.07, 6.45) is 0. The zero-order valence-electron chi connectivity index (χ0n) is 11.2. The van der Waals surface area contributed by atoms with Crippen molar-refractivity contribution in [2.24, 2.45) is 5.73 Å². The number of para-hydroxylation sites is 1. The molecule has 0 aliphatic heterocycles. The Bertz CT molecular complexity index is 822. The second kappa shape index (κ2) is 4.64. The van der Waals surface area contributed by atoms with E-state index in [0.29, 0.717) is 16.6 Å². The number of rotatable bonds is 2. The molecule has 3 aromatic rings. The van der Waals surface area contributed by atoms with Crippen molar-refractivity contribution in [3.8, 4) is 5.82 Å². The molecule has 20 heavy (non-hydrogen) atoms. The first-order valence-electron chi connectivity index (χ1n) is 6.16. The van der Waals surface area contributed by atoms with E-state index in [1.54, 1.807) is 4.68 Å². The summed E-state index contributed by atoms with van der Waals surface area (Å²) in [5.41, 5.74) is 7.46. The molecule has 2 heterocycles. The van der Waals surface area contributed by atoms with Gasteiger partial charge in [-0.3, -0.25) is 0 Å². The van der Waals surface area contributed by atoms with E-state index in [0.717, 1.165) is 22.3 Å². The summed E-state index contributed by atoms with van der Waals surface area (Å²) in [5.74, 6) is 2.15. The molecule has 1 aromatic carbocycles. The Kier molecular flexibility index (Phi) is 2.94. The molecule has 3 rings (SSSR count). The van der Waals surface area contributed by atoms with E-state index in [4.69, 9.17) is 18.0 Å². The number of pyridine rings is 1. The van der Waals surface area contributed by atoms with Gasteiger partial charge in [0.25, 0.3) is 0 Å². The lowest BCUT2D eigenvalue weighted by molar-refractivity contribution is 0.808. The van der Waals surface area contributed by atoms with Crippen LogP contribution in [-0.2, 0) is 0 Å². The maximum Gasteiger partial charge on any atom is 0.156 e. The average Bonchev–Trinajstić information content (AvgIpc) is 2.76. The average molecular weight is 283 g/mol. The third kappa shape index (κ3) is 2.04. The van der Waals surface area contributed by atoms with Crippen molar-refractivity contribution in [1.82, 2.24) is 19.7 Å². The van der Waals surface area contributed by atoms with Gasteiger partial charge in [0.1, 0.15) is 16.6 Å². The fraction of sp³-hybridized carbons (Fsp3) is 0.143. The van der Waals surface area contributed by atoms with Crippen LogP contribution < -0.4 is 5.73 Å². The van der Waals surface area contributed by atoms with Crippen LogP contribution in [0.1, 0.15) is 17.2 Å². The van der Waals surface area contributed by atoms with Crippen LogP contribution in [0, 0.1) is 13.8 Å². The highest BCUT2D eigenvalue weighted by Gasteiger charge is 2.12. The Balaban J connectivity index is 2.32. The molecule has 0 bridgehead atoms. The van der Waals surface area contributed by atoms with Gasteiger partial charge in [0.15, 0.2) is 5.82 Å². The van der Waals surface area contributed by atoms with Gasteiger partial charge < -0.3 is 5.73 Å². The van der Waals surface area contributed by atoms with E-state index in [1.807, 2.05) is 44.2 Å². The van der Waals surface area contributed by atoms with E-state index in [9.17, 15) is 0 Å². The highest BCUT2D eigenvalue weighted by molar-refractivity contribution is 7.80. The number of hydrogen-bond acceptors (Lipinski definition) is 4. The third-order valence-electron chi connectivity index (χ3n) is 3.06. The van der Waals surface area contributed by atoms with Crippen LogP contribution >= 0.6 is 12.2 Å². The van der Waals surface area contributed by atoms with E-state index in [1.165, 1.54) is 0 Å². The molecule has 2 aromatic heterocycles. The van der Waals surface area contributed by atoms with E-state index in [2.05, 4.69) is 15.1 Å². The normalized spacial score (nSPS) is 10.9. The highest BCUT2D eigenvalue weighted by Crippen LogP contribution is 2.20. The van der Waals surface area contributed by atoms with Gasteiger partial charge in [0.2, 0.25) is 0 Å². The van der Waals surface area contributed by atoms with Crippen molar-refractivity contribution < 1.29 is 0 Å². The largest absolute Gasteiger partial charge is 0.389 e. The monoisotopic (exact) mass is 283 g/mol. The number of aryl methyl sites for hydroxylation is 2. The summed E-state index contributed by atoms with van der Waals surface area (Å²) < 4.78 is 1.70. The Labute approximate surface area is 121 Å². The minimum Gasteiger partial charge on any atom is -0.389 e. The number of hydrogen-bond donors (Lipinski definition) is 1. The van der Waals surface area contributed by atoms with Gasteiger partial charge in [0.05, 0.1) is 5.52 Å². The third-order valence-corrected chi connectivity index (χ3v) is 3.28. The van der Waals surface area contributed by atoms with Crippen LogP contribution in [0.2, 0.25) is 0 Å². The van der Waals surface area contributed by atoms with Crippen LogP contribution in [0.3, 0.4) is 0 Å². The van der Waals surface area contributed by atoms with Gasteiger partial charge >= 0.3 is 0 Å². The topological polar surface area (TPSA) is 69.6 Å². The Morgan fingerprint density at radius 2 is 1.95 bits per heavy atom. The molecule has 100 valence electrons. The second-order valence-electron chi connectivity index (χ2n) is 4.53. The van der Waals surface area contributed by atoms with E-state index >= 15 is 0 Å². The maximum atomic E-state index is 5.83. The van der Waals surface area contributed by atoms with Crippen LogP contribution in [0.25, 0.3) is 16.7 Å². The summed E-state index contributed by atoms with van der Waals surface area (Å²) in [7, 11) is 0. The summed E-state index contributed by atoms with van der Waals surface area (Å²) in [6, 6.07) is 9.61. The molecular formula is C14H13N5S. The fourth-order valence-electron chi connectivity index (χ4n) is 2.21. The first kappa shape index (κ1) is 12.7. The summed E-state index contributed by atoms with van der Waals surface area (Å²) >= 11 is 5.14. The molecule has 0 amide bonds. The summed E-state index contributed by atoms with van der Waals surface area (Å²) in [6.45, 7) is 3.73. The molecule has 2 N–H and O–H groups in total. The van der Waals surface area contributed by atoms with Gasteiger partial charge in [-0.05, 0) is 26.0 Å². The van der Waals surface area contributed by atoms with Gasteiger partial charge in [-0.25, -0.2) is 9.97 Å². The van der Waals surface area contributed by atoms with Crippen molar-refractivity contribution in [2.45, 2.75) is 13.8 Å². The maximum absolute atomic E-state index is 5.83. The molecule has 5 nitrogen and oxygen atoms in total. The molecule has 0 spiro atoms. The molecule has 0 fully saturated rings. The lowest BCUT2D eigenvalue weighted by Gasteiger charge is -2.09. The van der Waals surface area contributed by atoms with Crippen molar-refractivity contribution >= 4 is 28.1 Å². The van der Waals surface area contributed by atoms with Crippen molar-refractivity contribution in [3.05, 3.63) is 47.5 Å². The van der Waals surface area contributed by atoms with Crippen molar-refractivity contribution in [1.29, 1.82) is 0 Å². The Morgan fingerprint density at radius 3 is 2.60 bits per heavy atom. The predicted molar refractivity (Wildman–Crippen MR) is 82.0 cm³/mol. The van der Waals surface area contributed by atoms with Crippen LogP contribution in [-0.4, -0.2) is 24.7 Å². The van der Waals surface area contributed by atoms with E-state index in [-0.39, 0.29) is 0 Å².